The third-order valence-corrected chi connectivity index (χ3v) is 3.03. The second-order valence-corrected chi connectivity index (χ2v) is 4.42. The highest BCUT2D eigenvalue weighted by Crippen LogP contribution is 2.23. The Labute approximate surface area is 113 Å². The molecule has 1 fully saturated rings. The molecule has 1 aliphatic carbocycles. The Balaban J connectivity index is 2.68. The molecule has 108 valence electrons. The van der Waals surface area contributed by atoms with Gasteiger partial charge in [0.25, 0.3) is 0 Å². The summed E-state index contributed by atoms with van der Waals surface area (Å²) in [4.78, 5) is 28.2. The molecular weight excluding hydrogens is 250 g/mol. The first-order valence-electron chi connectivity index (χ1n) is 6.54. The fraction of sp³-hybridized carbons (Fsp3) is 0.769. The molecule has 2 atom stereocenters. The molecule has 0 saturated heterocycles. The molecule has 0 aromatic heterocycles. The summed E-state index contributed by atoms with van der Waals surface area (Å²) in [5.41, 5.74) is -0.303. The van der Waals surface area contributed by atoms with E-state index in [1.165, 1.54) is 6.92 Å². The molecule has 0 aromatic rings. The van der Waals surface area contributed by atoms with Gasteiger partial charge in [-0.3, -0.25) is 4.79 Å². The second-order valence-electron chi connectivity index (χ2n) is 4.42. The minimum Gasteiger partial charge on any atom is -0.461 e. The molecule has 1 saturated carbocycles. The van der Waals surface area contributed by atoms with Crippen molar-refractivity contribution in [1.82, 2.24) is 0 Å². The molecule has 0 aliphatic heterocycles. The molecule has 19 heavy (non-hydrogen) atoms. The molecule has 0 bridgehead atoms. The van der Waals surface area contributed by atoms with Gasteiger partial charge >= 0.3 is 5.97 Å². The van der Waals surface area contributed by atoms with E-state index < -0.39 is 11.8 Å². The van der Waals surface area contributed by atoms with Gasteiger partial charge in [0, 0.05) is 14.0 Å². The number of rotatable bonds is 6. The van der Waals surface area contributed by atoms with Crippen LogP contribution in [-0.2, 0) is 23.9 Å². The number of Topliss-reactive ketones (excluding diaryl/α,β-unsaturated/α-hetero) is 1. The van der Waals surface area contributed by atoms with Gasteiger partial charge in [-0.15, -0.1) is 0 Å². The fourth-order valence-electron chi connectivity index (χ4n) is 2.02. The number of carbonyl (C=O) groups is 2. The first-order valence-corrected chi connectivity index (χ1v) is 6.54. The van der Waals surface area contributed by atoms with E-state index in [2.05, 4.69) is 5.16 Å². The maximum atomic E-state index is 11.5. The topological polar surface area (TPSA) is 74.2 Å². The van der Waals surface area contributed by atoms with Crippen LogP contribution in [0.5, 0.6) is 0 Å². The van der Waals surface area contributed by atoms with Crippen molar-refractivity contribution >= 4 is 17.5 Å². The van der Waals surface area contributed by atoms with Crippen LogP contribution in [0.25, 0.3) is 0 Å². The predicted molar refractivity (Wildman–Crippen MR) is 68.9 cm³/mol. The average molecular weight is 271 g/mol. The van der Waals surface area contributed by atoms with Gasteiger partial charge in [-0.05, 0) is 26.2 Å². The fourth-order valence-corrected chi connectivity index (χ4v) is 2.02. The van der Waals surface area contributed by atoms with E-state index in [0.29, 0.717) is 0 Å². The highest BCUT2D eigenvalue weighted by Gasteiger charge is 2.28. The largest absolute Gasteiger partial charge is 0.461 e. The zero-order valence-electron chi connectivity index (χ0n) is 11.7. The Morgan fingerprint density at radius 1 is 1.21 bits per heavy atom. The lowest BCUT2D eigenvalue weighted by Crippen LogP contribution is -2.34. The number of ether oxygens (including phenoxy) is 2. The van der Waals surface area contributed by atoms with Crippen molar-refractivity contribution in [2.75, 3.05) is 13.7 Å². The quantitative estimate of drug-likeness (QED) is 0.316. The summed E-state index contributed by atoms with van der Waals surface area (Å²) in [7, 11) is 1.62. The first kappa shape index (κ1) is 15.6. The number of oxime groups is 1. The summed E-state index contributed by atoms with van der Waals surface area (Å²) in [5, 5.41) is 3.68. The predicted octanol–water partition coefficient (Wildman–Crippen LogP) is 1.47. The van der Waals surface area contributed by atoms with E-state index in [0.717, 1.165) is 25.7 Å². The third-order valence-electron chi connectivity index (χ3n) is 3.03. The van der Waals surface area contributed by atoms with Crippen LogP contribution in [0.3, 0.4) is 0 Å². The molecule has 0 radical (unpaired) electrons. The molecule has 1 aliphatic rings. The summed E-state index contributed by atoms with van der Waals surface area (Å²) < 4.78 is 10.1. The van der Waals surface area contributed by atoms with Crippen molar-refractivity contribution in [2.24, 2.45) is 5.16 Å². The lowest BCUT2D eigenvalue weighted by Gasteiger charge is -2.28. The van der Waals surface area contributed by atoms with Crippen molar-refractivity contribution < 1.29 is 23.9 Å². The summed E-state index contributed by atoms with van der Waals surface area (Å²) in [5.74, 6) is -1.22. The van der Waals surface area contributed by atoms with E-state index in [1.54, 1.807) is 14.0 Å². The molecule has 0 unspecified atom stereocenters. The Hall–Kier alpha value is -1.43. The van der Waals surface area contributed by atoms with Gasteiger partial charge in [-0.25, -0.2) is 4.79 Å². The molecule has 1 rings (SSSR count). The number of esters is 1. The van der Waals surface area contributed by atoms with Crippen molar-refractivity contribution in [3.8, 4) is 0 Å². The van der Waals surface area contributed by atoms with Crippen LogP contribution in [0, 0.1) is 0 Å². The monoisotopic (exact) mass is 271 g/mol. The normalized spacial score (nSPS) is 23.8. The zero-order valence-corrected chi connectivity index (χ0v) is 11.7. The van der Waals surface area contributed by atoms with E-state index in [9.17, 15) is 9.59 Å². The number of methoxy groups -OCH3 is 1. The molecule has 0 amide bonds. The van der Waals surface area contributed by atoms with Crippen LogP contribution in [0.15, 0.2) is 5.16 Å². The van der Waals surface area contributed by atoms with Gasteiger partial charge in [-0.1, -0.05) is 11.6 Å². The van der Waals surface area contributed by atoms with Crippen LogP contribution < -0.4 is 0 Å². The smallest absolute Gasteiger partial charge is 0.364 e. The molecule has 0 heterocycles. The van der Waals surface area contributed by atoms with Crippen LogP contribution in [0.4, 0.5) is 0 Å². The van der Waals surface area contributed by atoms with E-state index in [4.69, 9.17) is 14.3 Å². The number of ketones is 1. The highest BCUT2D eigenvalue weighted by atomic mass is 16.7. The average Bonchev–Trinajstić information content (AvgIpc) is 2.39. The standard InChI is InChI=1S/C13H21NO5/c1-4-18-13(16)12(9(2)15)14-19-11-8-6-5-7-10(11)17-3/h10-11H,4-8H2,1-3H3/b14-12+/t10-,11-/m1/s1. The molecule has 6 heteroatoms. The van der Waals surface area contributed by atoms with Gasteiger partial charge in [0.2, 0.25) is 5.71 Å². The molecular formula is C13H21NO5. The summed E-state index contributed by atoms with van der Waals surface area (Å²) in [6, 6.07) is 0. The summed E-state index contributed by atoms with van der Waals surface area (Å²) in [6.45, 7) is 3.11. The lowest BCUT2D eigenvalue weighted by molar-refractivity contribution is -0.136. The second kappa shape index (κ2) is 7.89. The van der Waals surface area contributed by atoms with Gasteiger partial charge in [0.1, 0.15) is 0 Å². The van der Waals surface area contributed by atoms with E-state index in [1.807, 2.05) is 0 Å². The number of hydrogen-bond acceptors (Lipinski definition) is 6. The number of nitrogens with zero attached hydrogens (tertiary/aromatic N) is 1. The SMILES string of the molecule is CCOC(=O)/C(=N/O[C@@H]1CCCC[C@H]1OC)C(C)=O. The maximum Gasteiger partial charge on any atom is 0.364 e. The number of hydrogen-bond donors (Lipinski definition) is 0. The van der Waals surface area contributed by atoms with Crippen molar-refractivity contribution in [2.45, 2.75) is 51.7 Å². The minimum atomic E-state index is -0.750. The summed E-state index contributed by atoms with van der Waals surface area (Å²) in [6.07, 6.45) is 3.53. The van der Waals surface area contributed by atoms with Gasteiger partial charge < -0.3 is 14.3 Å². The number of carbonyl (C=O) groups excluding carboxylic acids is 2. The van der Waals surface area contributed by atoms with Gasteiger partial charge in [-0.2, -0.15) is 0 Å². The lowest BCUT2D eigenvalue weighted by atomic mass is 9.95. The van der Waals surface area contributed by atoms with Crippen LogP contribution >= 0.6 is 0 Å². The Kier molecular flexibility index (Phi) is 6.49. The highest BCUT2D eigenvalue weighted by molar-refractivity contribution is 6.63. The molecule has 0 N–H and O–H groups in total. The molecule has 0 aromatic carbocycles. The Bertz CT molecular complexity index is 353. The minimum absolute atomic E-state index is 0.0482. The van der Waals surface area contributed by atoms with Crippen LogP contribution in [-0.4, -0.2) is 43.4 Å². The third kappa shape index (κ3) is 4.63. The first-order chi connectivity index (χ1) is 9.10. The van der Waals surface area contributed by atoms with Gasteiger partial charge in [0.15, 0.2) is 11.9 Å². The van der Waals surface area contributed by atoms with Crippen molar-refractivity contribution in [3.63, 3.8) is 0 Å². The van der Waals surface area contributed by atoms with E-state index >= 15 is 0 Å². The van der Waals surface area contributed by atoms with Crippen LogP contribution in [0.1, 0.15) is 39.5 Å². The Morgan fingerprint density at radius 2 is 1.84 bits per heavy atom. The van der Waals surface area contributed by atoms with E-state index in [-0.39, 0.29) is 24.5 Å². The summed E-state index contributed by atoms with van der Waals surface area (Å²) >= 11 is 0. The Morgan fingerprint density at radius 3 is 2.37 bits per heavy atom. The van der Waals surface area contributed by atoms with Gasteiger partial charge in [0.05, 0.1) is 12.7 Å². The van der Waals surface area contributed by atoms with Crippen molar-refractivity contribution in [3.05, 3.63) is 0 Å². The van der Waals surface area contributed by atoms with Crippen molar-refractivity contribution in [1.29, 1.82) is 0 Å². The molecule has 0 spiro atoms. The van der Waals surface area contributed by atoms with Crippen LogP contribution in [0.2, 0.25) is 0 Å². The molecule has 6 nitrogen and oxygen atoms in total. The zero-order chi connectivity index (χ0) is 14.3. The maximum absolute atomic E-state index is 11.5.